The predicted octanol–water partition coefficient (Wildman–Crippen LogP) is 3.63. The summed E-state index contributed by atoms with van der Waals surface area (Å²) in [7, 11) is 0. The summed E-state index contributed by atoms with van der Waals surface area (Å²) < 4.78 is 5.76. The highest BCUT2D eigenvalue weighted by molar-refractivity contribution is 5.82. The third kappa shape index (κ3) is 2.38. The third-order valence-electron chi connectivity index (χ3n) is 3.17. The fourth-order valence-corrected chi connectivity index (χ4v) is 2.15. The van der Waals surface area contributed by atoms with Gasteiger partial charge in [-0.25, -0.2) is 0 Å². The van der Waals surface area contributed by atoms with Crippen molar-refractivity contribution < 1.29 is 9.53 Å². The average Bonchev–Trinajstić information content (AvgIpc) is 2.53. The topological polar surface area (TPSA) is 39.2 Å². The van der Waals surface area contributed by atoms with Gasteiger partial charge in [-0.3, -0.25) is 9.78 Å². The van der Waals surface area contributed by atoms with Crippen LogP contribution in [-0.2, 0) is 6.61 Å². The molecule has 1 heterocycles. The number of hydrogen-bond donors (Lipinski definition) is 0. The van der Waals surface area contributed by atoms with Gasteiger partial charge in [0.05, 0.1) is 11.1 Å². The summed E-state index contributed by atoms with van der Waals surface area (Å²) in [5, 5.41) is 1.07. The number of fused-ring (bicyclic) bond motifs is 1. The molecule has 0 spiro atoms. The normalized spacial score (nSPS) is 10.4. The minimum atomic E-state index is 0.411. The minimum Gasteiger partial charge on any atom is -0.488 e. The molecule has 0 saturated carbocycles. The van der Waals surface area contributed by atoms with Gasteiger partial charge in [-0.1, -0.05) is 30.3 Å². The van der Waals surface area contributed by atoms with Gasteiger partial charge in [0, 0.05) is 17.1 Å². The first-order valence-corrected chi connectivity index (χ1v) is 6.38. The summed E-state index contributed by atoms with van der Waals surface area (Å²) in [4.78, 5) is 15.3. The maximum absolute atomic E-state index is 11.0. The fourth-order valence-electron chi connectivity index (χ4n) is 2.15. The standard InChI is InChI=1S/C17H13NO2/c19-11-13-5-1-4-8-17(13)20-12-14-9-10-18-16-7-3-2-6-15(14)16/h1-11H,12H2. The highest BCUT2D eigenvalue weighted by Gasteiger charge is 2.05. The fraction of sp³-hybridized carbons (Fsp3) is 0.0588. The summed E-state index contributed by atoms with van der Waals surface area (Å²) in [6, 6.07) is 17.1. The lowest BCUT2D eigenvalue weighted by Crippen LogP contribution is -1.99. The molecule has 0 unspecified atom stereocenters. The zero-order valence-corrected chi connectivity index (χ0v) is 10.8. The molecule has 0 amide bonds. The monoisotopic (exact) mass is 263 g/mol. The Kier molecular flexibility index (Phi) is 3.42. The minimum absolute atomic E-state index is 0.411. The van der Waals surface area contributed by atoms with Crippen molar-refractivity contribution in [1.82, 2.24) is 4.98 Å². The van der Waals surface area contributed by atoms with Crippen molar-refractivity contribution in [3.63, 3.8) is 0 Å². The molecule has 0 atom stereocenters. The van der Waals surface area contributed by atoms with Gasteiger partial charge >= 0.3 is 0 Å². The van der Waals surface area contributed by atoms with E-state index in [1.165, 1.54) is 0 Å². The van der Waals surface area contributed by atoms with E-state index >= 15 is 0 Å². The molecule has 2 aromatic carbocycles. The zero-order valence-electron chi connectivity index (χ0n) is 10.8. The van der Waals surface area contributed by atoms with E-state index in [2.05, 4.69) is 4.98 Å². The molecular formula is C17H13NO2. The molecule has 3 aromatic rings. The van der Waals surface area contributed by atoms with Gasteiger partial charge in [-0.2, -0.15) is 0 Å². The molecule has 0 fully saturated rings. The molecule has 3 heteroatoms. The molecule has 98 valence electrons. The Morgan fingerprint density at radius 2 is 1.80 bits per heavy atom. The summed E-state index contributed by atoms with van der Waals surface area (Å²) in [5.41, 5.74) is 2.56. The van der Waals surface area contributed by atoms with Gasteiger partial charge in [0.2, 0.25) is 0 Å². The molecule has 0 aliphatic rings. The number of hydrogen-bond acceptors (Lipinski definition) is 3. The van der Waals surface area contributed by atoms with Crippen molar-refractivity contribution >= 4 is 17.2 Å². The third-order valence-corrected chi connectivity index (χ3v) is 3.17. The highest BCUT2D eigenvalue weighted by Crippen LogP contribution is 2.21. The van der Waals surface area contributed by atoms with Crippen LogP contribution in [0.3, 0.4) is 0 Å². The van der Waals surface area contributed by atoms with E-state index in [1.54, 1.807) is 18.3 Å². The van der Waals surface area contributed by atoms with Crippen LogP contribution in [0.15, 0.2) is 60.8 Å². The number of rotatable bonds is 4. The van der Waals surface area contributed by atoms with E-state index in [1.807, 2.05) is 42.5 Å². The molecule has 0 saturated heterocycles. The Hall–Kier alpha value is -2.68. The van der Waals surface area contributed by atoms with E-state index < -0.39 is 0 Å². The van der Waals surface area contributed by atoms with E-state index in [-0.39, 0.29) is 0 Å². The van der Waals surface area contributed by atoms with E-state index in [0.29, 0.717) is 17.9 Å². The van der Waals surface area contributed by atoms with E-state index in [9.17, 15) is 4.79 Å². The van der Waals surface area contributed by atoms with Gasteiger partial charge in [0.25, 0.3) is 0 Å². The number of benzene rings is 2. The second-order valence-electron chi connectivity index (χ2n) is 4.43. The van der Waals surface area contributed by atoms with Gasteiger partial charge < -0.3 is 4.74 Å². The van der Waals surface area contributed by atoms with Crippen LogP contribution in [0, 0.1) is 0 Å². The smallest absolute Gasteiger partial charge is 0.153 e. The quantitative estimate of drug-likeness (QED) is 0.675. The first-order valence-electron chi connectivity index (χ1n) is 6.38. The lowest BCUT2D eigenvalue weighted by molar-refractivity contribution is 0.111. The SMILES string of the molecule is O=Cc1ccccc1OCc1ccnc2ccccc12. The van der Waals surface area contributed by atoms with Crippen molar-refractivity contribution in [2.45, 2.75) is 6.61 Å². The number of ether oxygens (including phenoxy) is 1. The van der Waals surface area contributed by atoms with Crippen LogP contribution in [0.5, 0.6) is 5.75 Å². The molecule has 3 nitrogen and oxygen atoms in total. The number of para-hydroxylation sites is 2. The van der Waals surface area contributed by atoms with E-state index in [4.69, 9.17) is 4.74 Å². The van der Waals surface area contributed by atoms with Gasteiger partial charge in [-0.15, -0.1) is 0 Å². The van der Waals surface area contributed by atoms with Crippen molar-refractivity contribution in [2.75, 3.05) is 0 Å². The first kappa shape index (κ1) is 12.4. The van der Waals surface area contributed by atoms with Crippen LogP contribution < -0.4 is 4.74 Å². The first-order chi connectivity index (χ1) is 9.88. The predicted molar refractivity (Wildman–Crippen MR) is 77.9 cm³/mol. The highest BCUT2D eigenvalue weighted by atomic mass is 16.5. The number of aromatic nitrogens is 1. The van der Waals surface area contributed by atoms with Crippen LogP contribution in [0.2, 0.25) is 0 Å². The van der Waals surface area contributed by atoms with Crippen molar-refractivity contribution in [3.8, 4) is 5.75 Å². The summed E-state index contributed by atoms with van der Waals surface area (Å²) in [6.45, 7) is 0.411. The zero-order chi connectivity index (χ0) is 13.8. The van der Waals surface area contributed by atoms with Crippen LogP contribution in [0.1, 0.15) is 15.9 Å². The molecule has 0 aliphatic heterocycles. The Morgan fingerprint density at radius 3 is 2.70 bits per heavy atom. The number of nitrogens with zero attached hydrogens (tertiary/aromatic N) is 1. The number of aldehydes is 1. The van der Waals surface area contributed by atoms with Crippen LogP contribution in [0.25, 0.3) is 10.9 Å². The molecule has 0 N–H and O–H groups in total. The van der Waals surface area contributed by atoms with Crippen molar-refractivity contribution in [1.29, 1.82) is 0 Å². The van der Waals surface area contributed by atoms with Gasteiger partial charge in [0.1, 0.15) is 12.4 Å². The number of carbonyl (C=O) groups excluding carboxylic acids is 1. The lowest BCUT2D eigenvalue weighted by Gasteiger charge is -2.10. The van der Waals surface area contributed by atoms with E-state index in [0.717, 1.165) is 22.8 Å². The summed E-state index contributed by atoms with van der Waals surface area (Å²) in [6.07, 6.45) is 2.58. The second kappa shape index (κ2) is 5.53. The Morgan fingerprint density at radius 1 is 1.00 bits per heavy atom. The molecule has 1 aromatic heterocycles. The van der Waals surface area contributed by atoms with Crippen LogP contribution in [0.4, 0.5) is 0 Å². The molecule has 0 aliphatic carbocycles. The van der Waals surface area contributed by atoms with Crippen LogP contribution >= 0.6 is 0 Å². The Bertz CT molecular complexity index is 747. The second-order valence-corrected chi connectivity index (χ2v) is 4.43. The molecule has 20 heavy (non-hydrogen) atoms. The largest absolute Gasteiger partial charge is 0.488 e. The molecule has 3 rings (SSSR count). The molecule has 0 radical (unpaired) electrons. The van der Waals surface area contributed by atoms with Crippen molar-refractivity contribution in [3.05, 3.63) is 71.9 Å². The summed E-state index contributed by atoms with van der Waals surface area (Å²) >= 11 is 0. The lowest BCUT2D eigenvalue weighted by atomic mass is 10.1. The van der Waals surface area contributed by atoms with Gasteiger partial charge in [-0.05, 0) is 24.3 Å². The maximum Gasteiger partial charge on any atom is 0.153 e. The average molecular weight is 263 g/mol. The van der Waals surface area contributed by atoms with Crippen molar-refractivity contribution in [2.24, 2.45) is 0 Å². The number of carbonyl (C=O) groups is 1. The molecule has 0 bridgehead atoms. The Labute approximate surface area is 116 Å². The molecular weight excluding hydrogens is 250 g/mol. The number of pyridine rings is 1. The Balaban J connectivity index is 1.89. The maximum atomic E-state index is 11.0. The van der Waals surface area contributed by atoms with Crippen LogP contribution in [-0.4, -0.2) is 11.3 Å². The summed E-state index contributed by atoms with van der Waals surface area (Å²) in [5.74, 6) is 0.600. The van der Waals surface area contributed by atoms with Gasteiger partial charge in [0.15, 0.2) is 6.29 Å².